The lowest BCUT2D eigenvalue weighted by atomic mass is 9.89. The topological polar surface area (TPSA) is 44.9 Å². The van der Waals surface area contributed by atoms with Crippen molar-refractivity contribution in [2.75, 3.05) is 6.54 Å². The van der Waals surface area contributed by atoms with Crippen LogP contribution >= 0.6 is 0 Å². The summed E-state index contributed by atoms with van der Waals surface area (Å²) in [5.74, 6) is 0.295. The van der Waals surface area contributed by atoms with Crippen molar-refractivity contribution in [3.05, 3.63) is 47.2 Å². The molecular weight excluding hydrogens is 260 g/mol. The molecule has 1 unspecified atom stereocenters. The number of rotatable bonds is 2. The molecule has 1 aromatic carbocycles. The van der Waals surface area contributed by atoms with Crippen LogP contribution in [-0.2, 0) is 11.2 Å². The normalized spacial score (nSPS) is 22.2. The molecule has 1 atom stereocenters. The number of H-pyrrole nitrogens is 1. The first-order valence-electron chi connectivity index (χ1n) is 7.86. The van der Waals surface area contributed by atoms with Crippen molar-refractivity contribution >= 4 is 16.7 Å². The number of fused-ring (bicyclic) bond motifs is 3. The van der Waals surface area contributed by atoms with E-state index in [0.29, 0.717) is 11.8 Å². The zero-order valence-corrected chi connectivity index (χ0v) is 12.1. The van der Waals surface area contributed by atoms with Crippen molar-refractivity contribution in [3.63, 3.8) is 0 Å². The van der Waals surface area contributed by atoms with E-state index in [-0.39, 0.29) is 0 Å². The maximum absolute atomic E-state index is 11.6. The molecule has 0 amide bonds. The molecule has 0 bridgehead atoms. The van der Waals surface area contributed by atoms with E-state index in [0.717, 1.165) is 38.6 Å². The number of benzene rings is 1. The third-order valence-electron chi connectivity index (χ3n) is 4.71. The quantitative estimate of drug-likeness (QED) is 0.885. The van der Waals surface area contributed by atoms with Gasteiger partial charge in [0.2, 0.25) is 0 Å². The molecule has 0 fully saturated rings. The van der Waals surface area contributed by atoms with Crippen LogP contribution in [0.2, 0.25) is 0 Å². The monoisotopic (exact) mass is 280 g/mol. The van der Waals surface area contributed by atoms with E-state index in [1.165, 1.54) is 27.7 Å². The Bertz CT molecular complexity index is 726. The molecule has 2 N–H and O–H groups in total. The molecular formula is C18H20N2O. The Morgan fingerprint density at radius 2 is 2.05 bits per heavy atom. The van der Waals surface area contributed by atoms with Gasteiger partial charge in [0.15, 0.2) is 5.78 Å². The van der Waals surface area contributed by atoms with Crippen molar-refractivity contribution in [3.8, 4) is 0 Å². The first kappa shape index (κ1) is 12.8. The smallest absolute Gasteiger partial charge is 0.155 e. The molecule has 1 aliphatic carbocycles. The summed E-state index contributed by atoms with van der Waals surface area (Å²) < 4.78 is 0. The van der Waals surface area contributed by atoms with Gasteiger partial charge in [0.05, 0.1) is 6.04 Å². The third kappa shape index (κ3) is 2.32. The summed E-state index contributed by atoms with van der Waals surface area (Å²) >= 11 is 0. The number of carbonyl (C=O) groups is 1. The molecule has 4 rings (SSSR count). The molecule has 1 aliphatic heterocycles. The molecule has 2 aromatic rings. The van der Waals surface area contributed by atoms with Gasteiger partial charge in [-0.3, -0.25) is 4.79 Å². The van der Waals surface area contributed by atoms with E-state index in [1.807, 2.05) is 6.08 Å². The second-order valence-corrected chi connectivity index (χ2v) is 6.15. The van der Waals surface area contributed by atoms with E-state index < -0.39 is 0 Å². The van der Waals surface area contributed by atoms with Crippen LogP contribution in [-0.4, -0.2) is 17.3 Å². The summed E-state index contributed by atoms with van der Waals surface area (Å²) in [4.78, 5) is 15.2. The first-order valence-corrected chi connectivity index (χ1v) is 7.86. The fraction of sp³-hybridized carbons (Fsp3) is 0.389. The highest BCUT2D eigenvalue weighted by Crippen LogP contribution is 2.34. The average Bonchev–Trinajstić information content (AvgIpc) is 2.87. The second kappa shape index (κ2) is 5.15. The summed E-state index contributed by atoms with van der Waals surface area (Å²) in [6.07, 6.45) is 6.71. The van der Waals surface area contributed by atoms with Gasteiger partial charge in [-0.05, 0) is 49.9 Å². The van der Waals surface area contributed by atoms with E-state index >= 15 is 0 Å². The van der Waals surface area contributed by atoms with Crippen LogP contribution in [0.5, 0.6) is 0 Å². The highest BCUT2D eigenvalue weighted by Gasteiger charge is 2.25. The van der Waals surface area contributed by atoms with Crippen LogP contribution in [0.15, 0.2) is 35.9 Å². The molecule has 21 heavy (non-hydrogen) atoms. The van der Waals surface area contributed by atoms with Gasteiger partial charge in [-0.25, -0.2) is 0 Å². The number of hydrogen-bond acceptors (Lipinski definition) is 2. The number of allylic oxidation sites excluding steroid dienone is 1. The van der Waals surface area contributed by atoms with Gasteiger partial charge in [-0.1, -0.05) is 23.8 Å². The number of ketones is 1. The average molecular weight is 280 g/mol. The number of hydrogen-bond donors (Lipinski definition) is 2. The molecule has 0 saturated carbocycles. The minimum absolute atomic E-state index is 0.295. The number of aromatic amines is 1. The van der Waals surface area contributed by atoms with Crippen LogP contribution in [0.1, 0.15) is 43.0 Å². The van der Waals surface area contributed by atoms with Gasteiger partial charge in [-0.2, -0.15) is 0 Å². The van der Waals surface area contributed by atoms with Crippen molar-refractivity contribution in [2.24, 2.45) is 0 Å². The minimum Gasteiger partial charge on any atom is -0.357 e. The van der Waals surface area contributed by atoms with Gasteiger partial charge in [-0.15, -0.1) is 0 Å². The summed E-state index contributed by atoms with van der Waals surface area (Å²) in [6, 6.07) is 8.86. The SMILES string of the molecule is O=C1C=C(CC2NCCc3c2[nH]c2ccccc32)CCC1. The summed E-state index contributed by atoms with van der Waals surface area (Å²) in [5, 5.41) is 4.97. The molecule has 2 heterocycles. The summed E-state index contributed by atoms with van der Waals surface area (Å²) in [6.45, 7) is 1.01. The molecule has 0 radical (unpaired) electrons. The largest absolute Gasteiger partial charge is 0.357 e. The van der Waals surface area contributed by atoms with Gasteiger partial charge < -0.3 is 10.3 Å². The number of carbonyl (C=O) groups excluding carboxylic acids is 1. The highest BCUT2D eigenvalue weighted by atomic mass is 16.1. The first-order chi connectivity index (χ1) is 10.3. The van der Waals surface area contributed by atoms with E-state index in [2.05, 4.69) is 34.6 Å². The lowest BCUT2D eigenvalue weighted by molar-refractivity contribution is -0.115. The van der Waals surface area contributed by atoms with Gasteiger partial charge in [0.25, 0.3) is 0 Å². The number of para-hydroxylation sites is 1. The van der Waals surface area contributed by atoms with E-state index in [1.54, 1.807) is 0 Å². The highest BCUT2D eigenvalue weighted by molar-refractivity contribution is 5.91. The van der Waals surface area contributed by atoms with E-state index in [9.17, 15) is 4.79 Å². The van der Waals surface area contributed by atoms with Crippen molar-refractivity contribution in [2.45, 2.75) is 38.1 Å². The van der Waals surface area contributed by atoms with Crippen molar-refractivity contribution < 1.29 is 4.79 Å². The Kier molecular flexibility index (Phi) is 3.15. The molecule has 3 heteroatoms. The maximum Gasteiger partial charge on any atom is 0.155 e. The van der Waals surface area contributed by atoms with Crippen molar-refractivity contribution in [1.82, 2.24) is 10.3 Å². The predicted octanol–water partition coefficient (Wildman–Crippen LogP) is 3.42. The fourth-order valence-corrected chi connectivity index (χ4v) is 3.72. The maximum atomic E-state index is 11.6. The Labute approximate surface area is 124 Å². The van der Waals surface area contributed by atoms with Crippen LogP contribution in [0.3, 0.4) is 0 Å². The Balaban J connectivity index is 1.68. The van der Waals surface area contributed by atoms with Crippen LogP contribution in [0.25, 0.3) is 10.9 Å². The Morgan fingerprint density at radius 3 is 2.95 bits per heavy atom. The van der Waals surface area contributed by atoms with Crippen molar-refractivity contribution in [1.29, 1.82) is 0 Å². The van der Waals surface area contributed by atoms with Crippen LogP contribution < -0.4 is 5.32 Å². The Morgan fingerprint density at radius 1 is 1.14 bits per heavy atom. The summed E-state index contributed by atoms with van der Waals surface area (Å²) in [5.41, 5.74) is 5.30. The molecule has 0 saturated heterocycles. The van der Waals surface area contributed by atoms with E-state index in [4.69, 9.17) is 0 Å². The van der Waals surface area contributed by atoms with Crippen LogP contribution in [0.4, 0.5) is 0 Å². The Hall–Kier alpha value is -1.87. The van der Waals surface area contributed by atoms with Gasteiger partial charge >= 0.3 is 0 Å². The standard InChI is InChI=1S/C18H20N2O/c21-13-5-3-4-12(10-13)11-17-18-15(8-9-19-17)14-6-1-2-7-16(14)20-18/h1-2,6-7,10,17,19-20H,3-5,8-9,11H2. The molecule has 1 aromatic heterocycles. The fourth-order valence-electron chi connectivity index (χ4n) is 3.72. The lowest BCUT2D eigenvalue weighted by Gasteiger charge is -2.26. The summed E-state index contributed by atoms with van der Waals surface area (Å²) in [7, 11) is 0. The molecule has 2 aliphatic rings. The zero-order valence-electron chi connectivity index (χ0n) is 12.1. The minimum atomic E-state index is 0.295. The van der Waals surface area contributed by atoms with Crippen LogP contribution in [0, 0.1) is 0 Å². The van der Waals surface area contributed by atoms with Gasteiger partial charge in [0.1, 0.15) is 0 Å². The number of nitrogens with one attached hydrogen (secondary N) is 2. The molecule has 108 valence electrons. The molecule has 3 nitrogen and oxygen atoms in total. The lowest BCUT2D eigenvalue weighted by Crippen LogP contribution is -2.30. The second-order valence-electron chi connectivity index (χ2n) is 6.15. The van der Waals surface area contributed by atoms with Gasteiger partial charge in [0, 0.05) is 23.0 Å². The zero-order chi connectivity index (χ0) is 14.2. The predicted molar refractivity (Wildman–Crippen MR) is 84.3 cm³/mol. The molecule has 0 spiro atoms. The third-order valence-corrected chi connectivity index (χ3v) is 4.71. The number of aromatic nitrogens is 1.